The number of alkyl halides is 2. The fourth-order valence-electron chi connectivity index (χ4n) is 6.75. The van der Waals surface area contributed by atoms with Gasteiger partial charge in [-0.05, 0) is 55.5 Å². The predicted octanol–water partition coefficient (Wildman–Crippen LogP) is 5.41. The van der Waals surface area contributed by atoms with E-state index in [2.05, 4.69) is 26.2 Å². The maximum absolute atomic E-state index is 14.3. The molecule has 3 aromatic rings. The third-order valence-electron chi connectivity index (χ3n) is 8.86. The van der Waals surface area contributed by atoms with Gasteiger partial charge in [0.15, 0.2) is 0 Å². The Morgan fingerprint density at radius 2 is 1.95 bits per heavy atom. The molecule has 220 valence electrons. The number of nitrogens with zero attached hydrogens (tertiary/aromatic N) is 6. The first-order valence-electron chi connectivity index (χ1n) is 14.4. The van der Waals surface area contributed by atoms with Crippen LogP contribution < -0.4 is 10.1 Å². The van der Waals surface area contributed by atoms with Crippen LogP contribution in [-0.2, 0) is 18.5 Å². The third kappa shape index (κ3) is 4.87. The molecule has 0 radical (unpaired) electrons. The van der Waals surface area contributed by atoms with Crippen molar-refractivity contribution < 1.29 is 18.3 Å². The average molecular weight is 576 g/mol. The Morgan fingerprint density at radius 1 is 1.17 bits per heavy atom. The van der Waals surface area contributed by atoms with Crippen LogP contribution in [0.1, 0.15) is 71.9 Å². The molecular weight excluding hydrogens is 540 g/mol. The SMILES string of the molecule is [C-]#[N+]c1cnc([C@H](C)N2CC3(CCC3)c3c(CN4CC(F)(F)C4)cc(Cn4ccnc4NC)cc3C2=O)cc1OCC. The van der Waals surface area contributed by atoms with E-state index in [0.717, 1.165) is 36.0 Å². The van der Waals surface area contributed by atoms with Gasteiger partial charge < -0.3 is 19.5 Å². The molecule has 2 aliphatic heterocycles. The number of aromatic nitrogens is 3. The highest BCUT2D eigenvalue weighted by molar-refractivity contribution is 5.98. The Morgan fingerprint density at radius 3 is 2.60 bits per heavy atom. The van der Waals surface area contributed by atoms with Crippen LogP contribution in [0.25, 0.3) is 4.85 Å². The first-order valence-corrected chi connectivity index (χ1v) is 14.4. The average Bonchev–Trinajstić information content (AvgIpc) is 3.38. The largest absolute Gasteiger partial charge is 0.505 e. The van der Waals surface area contributed by atoms with Crippen LogP contribution in [0, 0.1) is 6.57 Å². The van der Waals surface area contributed by atoms with Crippen molar-refractivity contribution in [3.8, 4) is 5.75 Å². The smallest absolute Gasteiger partial charge is 0.272 e. The Labute approximate surface area is 244 Å². The quantitative estimate of drug-likeness (QED) is 0.344. The van der Waals surface area contributed by atoms with Crippen LogP contribution in [0.3, 0.4) is 0 Å². The predicted molar refractivity (Wildman–Crippen MR) is 154 cm³/mol. The number of benzene rings is 1. The summed E-state index contributed by atoms with van der Waals surface area (Å²) < 4.78 is 35.3. The van der Waals surface area contributed by atoms with Crippen LogP contribution in [-0.4, -0.2) is 69.5 Å². The summed E-state index contributed by atoms with van der Waals surface area (Å²) in [7, 11) is 1.81. The maximum atomic E-state index is 14.3. The normalized spacial score (nSPS) is 19.4. The molecule has 4 heterocycles. The lowest BCUT2D eigenvalue weighted by Gasteiger charge is -2.52. The van der Waals surface area contributed by atoms with E-state index in [4.69, 9.17) is 11.3 Å². The van der Waals surface area contributed by atoms with Crippen molar-refractivity contribution in [2.24, 2.45) is 0 Å². The van der Waals surface area contributed by atoms with Crippen LogP contribution in [0.15, 0.2) is 36.8 Å². The fraction of sp³-hybridized carbons (Fsp3) is 0.484. The Hall–Kier alpha value is -4.04. The second-order valence-electron chi connectivity index (χ2n) is 11.7. The zero-order valence-electron chi connectivity index (χ0n) is 24.2. The summed E-state index contributed by atoms with van der Waals surface area (Å²) in [6.07, 6.45) is 8.01. The molecule has 3 aliphatic rings. The van der Waals surface area contributed by atoms with Crippen molar-refractivity contribution in [2.45, 2.75) is 63.6 Å². The minimum atomic E-state index is -2.66. The minimum Gasteiger partial charge on any atom is -0.505 e. The van der Waals surface area contributed by atoms with E-state index in [9.17, 15) is 13.6 Å². The van der Waals surface area contributed by atoms with Crippen molar-refractivity contribution in [2.75, 3.05) is 38.6 Å². The molecule has 1 atom stereocenters. The van der Waals surface area contributed by atoms with Gasteiger partial charge >= 0.3 is 0 Å². The van der Waals surface area contributed by atoms with Crippen molar-refractivity contribution >= 4 is 17.5 Å². The molecule has 1 spiro atoms. The zero-order chi connectivity index (χ0) is 29.6. The molecule has 0 unspecified atom stereocenters. The van der Waals surface area contributed by atoms with Crippen molar-refractivity contribution in [1.29, 1.82) is 0 Å². The molecule has 1 amide bonds. The van der Waals surface area contributed by atoms with Crippen LogP contribution >= 0.6 is 0 Å². The molecule has 2 fully saturated rings. The van der Waals surface area contributed by atoms with E-state index in [1.807, 2.05) is 35.6 Å². The number of halogens is 2. The van der Waals surface area contributed by atoms with Gasteiger partial charge in [-0.15, -0.1) is 0 Å². The number of hydrogen-bond acceptors (Lipinski definition) is 6. The highest BCUT2D eigenvalue weighted by Gasteiger charge is 2.50. The number of carbonyl (C=O) groups is 1. The standard InChI is InChI=1S/C31H35F2N7O2/c1-5-42-26-13-24(37-14-25(26)34-3)20(2)40-17-30(7-6-8-30)27-22(16-38-18-31(32,33)19-38)11-21(12-23(27)28(40)41)15-39-10-9-36-29(39)35-4/h9-14,20H,5-8,15-19H2,1-2,4H3,(H,35,36)/t20-/m0/s1. The topological polar surface area (TPSA) is 79.9 Å². The molecule has 9 nitrogen and oxygen atoms in total. The molecule has 0 bridgehead atoms. The second kappa shape index (κ2) is 10.7. The lowest BCUT2D eigenvalue weighted by Crippen LogP contribution is -2.57. The number of ether oxygens (including phenoxy) is 1. The van der Waals surface area contributed by atoms with Gasteiger partial charge in [0.05, 0.1) is 44.5 Å². The first-order chi connectivity index (χ1) is 20.2. The molecule has 1 N–H and O–H groups in total. The molecule has 2 aromatic heterocycles. The number of imidazole rings is 1. The van der Waals surface area contributed by atoms with E-state index in [1.54, 1.807) is 24.2 Å². The maximum Gasteiger partial charge on any atom is 0.272 e. The molecule has 1 aliphatic carbocycles. The number of hydrogen-bond donors (Lipinski definition) is 1. The monoisotopic (exact) mass is 575 g/mol. The number of likely N-dealkylation sites (tertiary alicyclic amines) is 1. The second-order valence-corrected chi connectivity index (χ2v) is 11.7. The molecule has 1 aromatic carbocycles. The van der Waals surface area contributed by atoms with Gasteiger partial charge in [0.1, 0.15) is 5.75 Å². The van der Waals surface area contributed by atoms with E-state index < -0.39 is 5.92 Å². The molecule has 1 saturated heterocycles. The van der Waals surface area contributed by atoms with E-state index in [-0.39, 0.29) is 30.5 Å². The van der Waals surface area contributed by atoms with Crippen LogP contribution in [0.5, 0.6) is 5.75 Å². The lowest BCUT2D eigenvalue weighted by molar-refractivity contribution is -0.134. The number of amides is 1. The van der Waals surface area contributed by atoms with Crippen LogP contribution in [0.2, 0.25) is 0 Å². The van der Waals surface area contributed by atoms with Crippen molar-refractivity contribution in [3.63, 3.8) is 0 Å². The highest BCUT2D eigenvalue weighted by Crippen LogP contribution is 2.51. The van der Waals surface area contributed by atoms with Crippen LogP contribution in [0.4, 0.5) is 20.4 Å². The van der Waals surface area contributed by atoms with Crippen molar-refractivity contribution in [3.05, 3.63) is 76.2 Å². The number of anilines is 1. The van der Waals surface area contributed by atoms with Gasteiger partial charge in [0, 0.05) is 49.7 Å². The molecule has 11 heteroatoms. The number of rotatable bonds is 9. The molecule has 1 saturated carbocycles. The van der Waals surface area contributed by atoms with E-state index in [0.29, 0.717) is 54.9 Å². The summed E-state index contributed by atoms with van der Waals surface area (Å²) in [5.41, 5.74) is 4.30. The molecule has 6 rings (SSSR count). The zero-order valence-corrected chi connectivity index (χ0v) is 24.2. The fourth-order valence-corrected chi connectivity index (χ4v) is 6.75. The lowest BCUT2D eigenvalue weighted by atomic mass is 9.60. The third-order valence-corrected chi connectivity index (χ3v) is 8.86. The van der Waals surface area contributed by atoms with Gasteiger partial charge in [-0.1, -0.05) is 12.5 Å². The Kier molecular flexibility index (Phi) is 7.13. The summed E-state index contributed by atoms with van der Waals surface area (Å²) >= 11 is 0. The van der Waals surface area contributed by atoms with Gasteiger partial charge in [-0.3, -0.25) is 14.7 Å². The Bertz CT molecular complexity index is 1550. The number of nitrogens with one attached hydrogen (secondary N) is 1. The first kappa shape index (κ1) is 28.1. The van der Waals surface area contributed by atoms with Gasteiger partial charge in [-0.25, -0.2) is 18.6 Å². The summed E-state index contributed by atoms with van der Waals surface area (Å²) in [5.74, 6) is -1.60. The highest BCUT2D eigenvalue weighted by atomic mass is 19.3. The molecule has 42 heavy (non-hydrogen) atoms. The summed E-state index contributed by atoms with van der Waals surface area (Å²) in [5, 5.41) is 3.08. The van der Waals surface area contributed by atoms with Gasteiger partial charge in [0.25, 0.3) is 11.8 Å². The van der Waals surface area contributed by atoms with Crippen molar-refractivity contribution in [1.82, 2.24) is 24.3 Å². The van der Waals surface area contributed by atoms with E-state index >= 15 is 0 Å². The summed E-state index contributed by atoms with van der Waals surface area (Å²) in [4.78, 5) is 30.4. The van der Waals surface area contributed by atoms with Gasteiger partial charge in [-0.2, -0.15) is 0 Å². The molecular formula is C31H35F2N7O2. The van der Waals surface area contributed by atoms with Gasteiger partial charge in [0.2, 0.25) is 11.6 Å². The number of fused-ring (bicyclic) bond motifs is 2. The Balaban J connectivity index is 1.41. The summed E-state index contributed by atoms with van der Waals surface area (Å²) in [6, 6.07) is 5.49. The summed E-state index contributed by atoms with van der Waals surface area (Å²) in [6.45, 7) is 12.6. The number of carbonyl (C=O) groups excluding carboxylic acids is 1. The minimum absolute atomic E-state index is 0.0967. The number of pyridine rings is 1. The van der Waals surface area contributed by atoms with E-state index in [1.165, 1.54) is 6.20 Å².